The first kappa shape index (κ1) is 15.2. The van der Waals surface area contributed by atoms with Crippen LogP contribution in [0.4, 0.5) is 13.2 Å². The lowest BCUT2D eigenvalue weighted by atomic mass is 9.96. The lowest BCUT2D eigenvalue weighted by Crippen LogP contribution is -2.11. The largest absolute Gasteiger partial charge is 0.429 e. The van der Waals surface area contributed by atoms with Crippen molar-refractivity contribution in [1.82, 2.24) is 9.30 Å². The fraction of sp³-hybridized carbons (Fsp3) is 0.471. The van der Waals surface area contributed by atoms with Crippen molar-refractivity contribution in [2.75, 3.05) is 0 Å². The van der Waals surface area contributed by atoms with Gasteiger partial charge in [0.25, 0.3) is 0 Å². The first-order valence-corrected chi connectivity index (χ1v) is 7.92. The summed E-state index contributed by atoms with van der Waals surface area (Å²) in [5.74, 6) is -0.207. The van der Waals surface area contributed by atoms with Gasteiger partial charge in [-0.1, -0.05) is 0 Å². The summed E-state index contributed by atoms with van der Waals surface area (Å²) in [6.07, 6.45) is -0.460. The standard InChI is InChI=1S/C17H16F3N3O/c1-22-14-4-2-3-10(14)12(7-21)16(22)9-5-11-13(17(18,19)20)8-23(24)15(11)6-9/h8-9,24H,2-6H2,1H3. The van der Waals surface area contributed by atoms with E-state index >= 15 is 0 Å². The molecule has 2 aliphatic rings. The van der Waals surface area contributed by atoms with E-state index in [9.17, 15) is 23.6 Å². The Morgan fingerprint density at radius 1 is 1.21 bits per heavy atom. The molecule has 2 aromatic heterocycles. The van der Waals surface area contributed by atoms with Crippen molar-refractivity contribution in [2.45, 2.75) is 44.2 Å². The van der Waals surface area contributed by atoms with Gasteiger partial charge in [0.15, 0.2) is 0 Å². The third-order valence-corrected chi connectivity index (χ3v) is 5.41. The molecule has 126 valence electrons. The minimum absolute atomic E-state index is 0.153. The van der Waals surface area contributed by atoms with Gasteiger partial charge in [0.2, 0.25) is 0 Å². The summed E-state index contributed by atoms with van der Waals surface area (Å²) >= 11 is 0. The van der Waals surface area contributed by atoms with E-state index in [1.54, 1.807) is 0 Å². The van der Waals surface area contributed by atoms with Crippen LogP contribution >= 0.6 is 0 Å². The predicted molar refractivity (Wildman–Crippen MR) is 78.9 cm³/mol. The van der Waals surface area contributed by atoms with Gasteiger partial charge in [-0.3, -0.25) is 0 Å². The summed E-state index contributed by atoms with van der Waals surface area (Å²) in [6, 6.07) is 2.26. The number of rotatable bonds is 1. The molecule has 1 atom stereocenters. The smallest absolute Gasteiger partial charge is 0.418 e. The summed E-state index contributed by atoms with van der Waals surface area (Å²) in [4.78, 5) is 0. The SMILES string of the molecule is Cn1c2c(c(C#N)c1C1Cc3c(C(F)(F)F)cn(O)c3C1)CCC2. The molecule has 0 bridgehead atoms. The molecule has 2 heterocycles. The highest BCUT2D eigenvalue weighted by Crippen LogP contribution is 2.44. The molecule has 2 aliphatic carbocycles. The molecule has 0 saturated carbocycles. The second kappa shape index (κ2) is 4.82. The van der Waals surface area contributed by atoms with Crippen LogP contribution in [0.25, 0.3) is 0 Å². The van der Waals surface area contributed by atoms with E-state index in [1.165, 1.54) is 0 Å². The second-order valence-corrected chi connectivity index (χ2v) is 6.63. The van der Waals surface area contributed by atoms with E-state index in [4.69, 9.17) is 0 Å². The molecule has 24 heavy (non-hydrogen) atoms. The van der Waals surface area contributed by atoms with Gasteiger partial charge in [-0.05, 0) is 36.8 Å². The molecule has 2 aromatic rings. The zero-order valence-electron chi connectivity index (χ0n) is 13.1. The molecule has 7 heteroatoms. The lowest BCUT2D eigenvalue weighted by Gasteiger charge is -2.15. The molecule has 0 fully saturated rings. The summed E-state index contributed by atoms with van der Waals surface area (Å²) in [5, 5.41) is 19.4. The van der Waals surface area contributed by atoms with Gasteiger partial charge < -0.3 is 9.77 Å². The highest BCUT2D eigenvalue weighted by Gasteiger charge is 2.42. The van der Waals surface area contributed by atoms with Gasteiger partial charge >= 0.3 is 6.18 Å². The fourth-order valence-electron chi connectivity index (χ4n) is 4.44. The highest BCUT2D eigenvalue weighted by molar-refractivity contribution is 5.52. The maximum Gasteiger partial charge on any atom is 0.418 e. The van der Waals surface area contributed by atoms with Crippen LogP contribution in [-0.2, 0) is 38.9 Å². The molecule has 0 amide bonds. The molecule has 4 nitrogen and oxygen atoms in total. The number of aromatic nitrogens is 2. The Hall–Kier alpha value is -2.36. The van der Waals surface area contributed by atoms with E-state index in [2.05, 4.69) is 6.07 Å². The molecule has 1 N–H and O–H groups in total. The predicted octanol–water partition coefficient (Wildman–Crippen LogP) is 3.33. The molecule has 0 radical (unpaired) electrons. The van der Waals surface area contributed by atoms with Crippen LogP contribution in [0.1, 0.15) is 51.7 Å². The zero-order valence-corrected chi connectivity index (χ0v) is 13.1. The maximum absolute atomic E-state index is 13.2. The average Bonchev–Trinajstić information content (AvgIpc) is 3.21. The topological polar surface area (TPSA) is 53.9 Å². The van der Waals surface area contributed by atoms with Gasteiger partial charge in [0.05, 0.1) is 23.0 Å². The first-order valence-electron chi connectivity index (χ1n) is 7.92. The number of nitrogens with zero attached hydrogens (tertiary/aromatic N) is 3. The number of hydrogen-bond acceptors (Lipinski definition) is 2. The van der Waals surface area contributed by atoms with Crippen LogP contribution in [0, 0.1) is 11.3 Å². The van der Waals surface area contributed by atoms with Crippen molar-refractivity contribution in [3.05, 3.63) is 45.5 Å². The third-order valence-electron chi connectivity index (χ3n) is 5.41. The van der Waals surface area contributed by atoms with Crippen LogP contribution < -0.4 is 0 Å². The average molecular weight is 335 g/mol. The Labute approximate surface area is 136 Å². The normalized spacial score (nSPS) is 19.4. The molecule has 1 unspecified atom stereocenters. The number of alkyl halides is 3. The minimum Gasteiger partial charge on any atom is -0.429 e. The first-order chi connectivity index (χ1) is 11.3. The van der Waals surface area contributed by atoms with E-state index in [0.29, 0.717) is 22.4 Å². The van der Waals surface area contributed by atoms with Crippen molar-refractivity contribution in [3.63, 3.8) is 0 Å². The van der Waals surface area contributed by atoms with E-state index in [-0.39, 0.29) is 17.9 Å². The number of hydrogen-bond donors (Lipinski definition) is 1. The van der Waals surface area contributed by atoms with E-state index < -0.39 is 11.7 Å². The Morgan fingerprint density at radius 3 is 2.62 bits per heavy atom. The molecule has 4 rings (SSSR count). The number of fused-ring (bicyclic) bond motifs is 2. The fourth-order valence-corrected chi connectivity index (χ4v) is 4.44. The maximum atomic E-state index is 13.2. The van der Waals surface area contributed by atoms with Crippen molar-refractivity contribution < 1.29 is 18.4 Å². The monoisotopic (exact) mass is 335 g/mol. The van der Waals surface area contributed by atoms with Crippen molar-refractivity contribution >= 4 is 0 Å². The molecule has 0 spiro atoms. The minimum atomic E-state index is -4.49. The Kier molecular flexibility index (Phi) is 3.05. The molecular weight excluding hydrogens is 319 g/mol. The molecular formula is C17H16F3N3O. The van der Waals surface area contributed by atoms with Crippen LogP contribution in [0.3, 0.4) is 0 Å². The summed E-state index contributed by atoms with van der Waals surface area (Å²) < 4.78 is 42.1. The van der Waals surface area contributed by atoms with E-state index in [0.717, 1.165) is 42.4 Å². The Morgan fingerprint density at radius 2 is 1.96 bits per heavy atom. The lowest BCUT2D eigenvalue weighted by molar-refractivity contribution is -0.138. The Bertz CT molecular complexity index is 883. The van der Waals surface area contributed by atoms with Crippen molar-refractivity contribution in [1.29, 1.82) is 5.26 Å². The second-order valence-electron chi connectivity index (χ2n) is 6.63. The van der Waals surface area contributed by atoms with Gasteiger partial charge in [-0.2, -0.15) is 23.2 Å². The van der Waals surface area contributed by atoms with Crippen LogP contribution in [0.2, 0.25) is 0 Å². The zero-order chi connectivity index (χ0) is 17.2. The molecule has 0 aromatic carbocycles. The van der Waals surface area contributed by atoms with Gasteiger partial charge in [0, 0.05) is 30.8 Å². The highest BCUT2D eigenvalue weighted by atomic mass is 19.4. The Balaban J connectivity index is 1.79. The van der Waals surface area contributed by atoms with Gasteiger partial charge in [-0.15, -0.1) is 0 Å². The van der Waals surface area contributed by atoms with Crippen LogP contribution in [0.15, 0.2) is 6.20 Å². The van der Waals surface area contributed by atoms with Crippen LogP contribution in [0.5, 0.6) is 0 Å². The third kappa shape index (κ3) is 1.92. The molecule has 0 saturated heterocycles. The molecule has 0 aliphatic heterocycles. The quantitative estimate of drug-likeness (QED) is 0.813. The number of nitriles is 1. The van der Waals surface area contributed by atoms with Crippen molar-refractivity contribution in [2.24, 2.45) is 7.05 Å². The van der Waals surface area contributed by atoms with E-state index in [1.807, 2.05) is 11.6 Å². The summed E-state index contributed by atoms with van der Waals surface area (Å²) in [7, 11) is 1.89. The van der Waals surface area contributed by atoms with Crippen molar-refractivity contribution in [3.8, 4) is 6.07 Å². The summed E-state index contributed by atoms with van der Waals surface area (Å²) in [5.41, 5.74) is 3.29. The summed E-state index contributed by atoms with van der Waals surface area (Å²) in [6.45, 7) is 0. The van der Waals surface area contributed by atoms with Crippen LogP contribution in [-0.4, -0.2) is 14.5 Å². The number of halogens is 3. The van der Waals surface area contributed by atoms with Gasteiger partial charge in [-0.25, -0.2) is 0 Å². The van der Waals surface area contributed by atoms with Gasteiger partial charge in [0.1, 0.15) is 6.07 Å².